The van der Waals surface area contributed by atoms with Gasteiger partial charge in [-0.2, -0.15) is 0 Å². The van der Waals surface area contributed by atoms with Crippen molar-refractivity contribution in [1.29, 1.82) is 0 Å². The van der Waals surface area contributed by atoms with E-state index in [9.17, 15) is 0 Å². The van der Waals surface area contributed by atoms with Crippen LogP contribution >= 0.6 is 23.2 Å². The number of benzene rings is 1. The third kappa shape index (κ3) is 2.82. The van der Waals surface area contributed by atoms with Gasteiger partial charge in [0.1, 0.15) is 17.2 Å². The molecule has 4 rings (SSSR count). The van der Waals surface area contributed by atoms with Gasteiger partial charge in [-0.25, -0.2) is 4.98 Å². The zero-order valence-electron chi connectivity index (χ0n) is 12.4. The number of aromatic nitrogens is 3. The van der Waals surface area contributed by atoms with Gasteiger partial charge in [0.25, 0.3) is 0 Å². The lowest BCUT2D eigenvalue weighted by Crippen LogP contribution is -1.97. The highest BCUT2D eigenvalue weighted by atomic mass is 35.5. The van der Waals surface area contributed by atoms with E-state index in [0.717, 1.165) is 28.5 Å². The first kappa shape index (κ1) is 15.0. The summed E-state index contributed by atoms with van der Waals surface area (Å²) < 4.78 is 1.92. The molecule has 0 spiro atoms. The average Bonchev–Trinajstić information content (AvgIpc) is 2.95. The number of nitrogens with zero attached hydrogens (tertiary/aromatic N) is 3. The summed E-state index contributed by atoms with van der Waals surface area (Å²) in [6, 6.07) is 16.9. The first-order chi connectivity index (χ1) is 11.7. The molecule has 4 aromatic rings. The van der Waals surface area contributed by atoms with Crippen LogP contribution in [0, 0.1) is 0 Å². The molecule has 6 heteroatoms. The Morgan fingerprint density at radius 2 is 1.67 bits per heavy atom. The lowest BCUT2D eigenvalue weighted by Gasteiger charge is -2.09. The Morgan fingerprint density at radius 3 is 2.42 bits per heavy atom. The fraction of sp³-hybridized carbons (Fsp3) is 0. The van der Waals surface area contributed by atoms with Gasteiger partial charge >= 0.3 is 0 Å². The van der Waals surface area contributed by atoms with Crippen molar-refractivity contribution >= 4 is 40.4 Å². The quantitative estimate of drug-likeness (QED) is 0.532. The standard InChI is InChI=1S/C18H12Cl2N4/c19-12-4-7-14(8-5-12)22-18-17(15-3-1-2-10-21-15)23-16-9-6-13(20)11-24(16)18/h1-11,22H. The average molecular weight is 355 g/mol. The molecule has 0 saturated carbocycles. The van der Waals surface area contributed by atoms with Gasteiger partial charge in [0, 0.05) is 23.1 Å². The number of anilines is 2. The van der Waals surface area contributed by atoms with Crippen LogP contribution in [0.4, 0.5) is 11.5 Å². The van der Waals surface area contributed by atoms with Crippen molar-refractivity contribution in [2.24, 2.45) is 0 Å². The Morgan fingerprint density at radius 1 is 0.875 bits per heavy atom. The summed E-state index contributed by atoms with van der Waals surface area (Å²) in [5.74, 6) is 0.800. The summed E-state index contributed by atoms with van der Waals surface area (Å²) in [6.45, 7) is 0. The molecular formula is C18H12Cl2N4. The predicted molar refractivity (Wildman–Crippen MR) is 98.2 cm³/mol. The van der Waals surface area contributed by atoms with Crippen LogP contribution in [0.25, 0.3) is 17.0 Å². The predicted octanol–water partition coefficient (Wildman–Crippen LogP) is 5.45. The van der Waals surface area contributed by atoms with Crippen LogP contribution in [0.5, 0.6) is 0 Å². The van der Waals surface area contributed by atoms with Crippen molar-refractivity contribution in [3.63, 3.8) is 0 Å². The van der Waals surface area contributed by atoms with Crippen LogP contribution in [0.3, 0.4) is 0 Å². The molecule has 0 unspecified atom stereocenters. The zero-order chi connectivity index (χ0) is 16.5. The van der Waals surface area contributed by atoms with Crippen LogP contribution in [0.15, 0.2) is 67.0 Å². The smallest absolute Gasteiger partial charge is 0.144 e. The summed E-state index contributed by atoms with van der Waals surface area (Å²) in [4.78, 5) is 9.10. The molecule has 1 aromatic carbocycles. The first-order valence-corrected chi connectivity index (χ1v) is 8.08. The Bertz CT molecular complexity index is 995. The molecule has 0 aliphatic carbocycles. The van der Waals surface area contributed by atoms with E-state index in [-0.39, 0.29) is 0 Å². The fourth-order valence-electron chi connectivity index (χ4n) is 2.49. The van der Waals surface area contributed by atoms with Gasteiger partial charge in [-0.3, -0.25) is 9.38 Å². The van der Waals surface area contributed by atoms with E-state index in [1.807, 2.05) is 65.2 Å². The molecule has 0 atom stereocenters. The van der Waals surface area contributed by atoms with E-state index in [2.05, 4.69) is 10.3 Å². The number of hydrogen-bond donors (Lipinski definition) is 1. The summed E-state index contributed by atoms with van der Waals surface area (Å²) >= 11 is 12.1. The van der Waals surface area contributed by atoms with Crippen LogP contribution in [-0.2, 0) is 0 Å². The molecule has 0 amide bonds. The van der Waals surface area contributed by atoms with Gasteiger partial charge in [0.05, 0.1) is 10.7 Å². The lowest BCUT2D eigenvalue weighted by molar-refractivity contribution is 1.18. The normalized spacial score (nSPS) is 10.9. The van der Waals surface area contributed by atoms with Gasteiger partial charge in [-0.05, 0) is 48.5 Å². The second-order valence-corrected chi connectivity index (χ2v) is 6.10. The molecular weight excluding hydrogens is 343 g/mol. The number of fused-ring (bicyclic) bond motifs is 1. The summed E-state index contributed by atoms with van der Waals surface area (Å²) in [6.07, 6.45) is 3.58. The highest BCUT2D eigenvalue weighted by Gasteiger charge is 2.15. The zero-order valence-corrected chi connectivity index (χ0v) is 14.0. The molecule has 118 valence electrons. The van der Waals surface area contributed by atoms with Crippen molar-refractivity contribution in [2.45, 2.75) is 0 Å². The van der Waals surface area contributed by atoms with Gasteiger partial charge in [-0.15, -0.1) is 0 Å². The number of nitrogens with one attached hydrogen (secondary N) is 1. The molecule has 24 heavy (non-hydrogen) atoms. The van der Waals surface area contributed by atoms with Gasteiger partial charge in [0.15, 0.2) is 0 Å². The number of imidazole rings is 1. The molecule has 0 bridgehead atoms. The largest absolute Gasteiger partial charge is 0.339 e. The number of halogens is 2. The number of pyridine rings is 2. The molecule has 3 aromatic heterocycles. The third-order valence-corrected chi connectivity index (χ3v) is 4.07. The summed E-state index contributed by atoms with van der Waals surface area (Å²) in [5, 5.41) is 4.71. The maximum absolute atomic E-state index is 6.16. The first-order valence-electron chi connectivity index (χ1n) is 7.32. The fourth-order valence-corrected chi connectivity index (χ4v) is 2.78. The molecule has 0 aliphatic heterocycles. The minimum Gasteiger partial charge on any atom is -0.339 e. The lowest BCUT2D eigenvalue weighted by atomic mass is 10.2. The second-order valence-electron chi connectivity index (χ2n) is 5.23. The molecule has 3 heterocycles. The van der Waals surface area contributed by atoms with Crippen molar-refractivity contribution in [2.75, 3.05) is 5.32 Å². The summed E-state index contributed by atoms with van der Waals surface area (Å²) in [7, 11) is 0. The maximum Gasteiger partial charge on any atom is 0.144 e. The van der Waals surface area contributed by atoms with E-state index in [4.69, 9.17) is 28.2 Å². The molecule has 0 aliphatic rings. The van der Waals surface area contributed by atoms with Crippen molar-refractivity contribution < 1.29 is 0 Å². The van der Waals surface area contributed by atoms with E-state index in [0.29, 0.717) is 10.0 Å². The van der Waals surface area contributed by atoms with E-state index in [1.54, 1.807) is 6.20 Å². The number of rotatable bonds is 3. The van der Waals surface area contributed by atoms with Gasteiger partial charge in [0.2, 0.25) is 0 Å². The van der Waals surface area contributed by atoms with Crippen molar-refractivity contribution in [3.05, 3.63) is 77.0 Å². The minimum absolute atomic E-state index is 0.631. The molecule has 1 N–H and O–H groups in total. The number of hydrogen-bond acceptors (Lipinski definition) is 3. The van der Waals surface area contributed by atoms with Crippen LogP contribution < -0.4 is 5.32 Å². The molecule has 0 fully saturated rings. The monoisotopic (exact) mass is 354 g/mol. The SMILES string of the molecule is Clc1ccc(Nc2c(-c3ccccn3)nc3ccc(Cl)cn23)cc1. The third-order valence-electron chi connectivity index (χ3n) is 3.60. The highest BCUT2D eigenvalue weighted by molar-refractivity contribution is 6.30. The second kappa shape index (κ2) is 6.15. The van der Waals surface area contributed by atoms with Gasteiger partial charge in [-0.1, -0.05) is 29.3 Å². The van der Waals surface area contributed by atoms with E-state index in [1.165, 1.54) is 0 Å². The van der Waals surface area contributed by atoms with E-state index < -0.39 is 0 Å². The van der Waals surface area contributed by atoms with Crippen LogP contribution in [-0.4, -0.2) is 14.4 Å². The molecule has 4 nitrogen and oxygen atoms in total. The van der Waals surface area contributed by atoms with Crippen LogP contribution in [0.1, 0.15) is 0 Å². The Kier molecular flexibility index (Phi) is 3.84. The van der Waals surface area contributed by atoms with Gasteiger partial charge < -0.3 is 5.32 Å². The minimum atomic E-state index is 0.631. The Hall–Kier alpha value is -2.56. The molecule has 0 saturated heterocycles. The van der Waals surface area contributed by atoms with Crippen molar-refractivity contribution in [1.82, 2.24) is 14.4 Å². The maximum atomic E-state index is 6.16. The van der Waals surface area contributed by atoms with Crippen LogP contribution in [0.2, 0.25) is 10.0 Å². The topological polar surface area (TPSA) is 42.2 Å². The van der Waals surface area contributed by atoms with Crippen molar-refractivity contribution in [3.8, 4) is 11.4 Å². The Labute approximate surface area is 148 Å². The summed E-state index contributed by atoms with van der Waals surface area (Å²) in [5.41, 5.74) is 3.23. The van der Waals surface area contributed by atoms with E-state index >= 15 is 0 Å². The molecule has 0 radical (unpaired) electrons. The Balaban J connectivity index is 1.90. The highest BCUT2D eigenvalue weighted by Crippen LogP contribution is 2.31.